The summed E-state index contributed by atoms with van der Waals surface area (Å²) in [4.78, 5) is 19.3. The van der Waals surface area contributed by atoms with Gasteiger partial charge in [0.25, 0.3) is 0 Å². The molecule has 21 heavy (non-hydrogen) atoms. The number of methoxy groups -OCH3 is 1. The maximum atomic E-state index is 11.4. The number of imidazole rings is 1. The van der Waals surface area contributed by atoms with Crippen LogP contribution in [0.3, 0.4) is 0 Å². The Morgan fingerprint density at radius 1 is 1.24 bits per heavy atom. The number of para-hydroxylation sites is 1. The molecule has 106 valence electrons. The molecule has 0 radical (unpaired) electrons. The van der Waals surface area contributed by atoms with Crippen molar-refractivity contribution in [3.8, 4) is 0 Å². The van der Waals surface area contributed by atoms with Crippen molar-refractivity contribution in [3.63, 3.8) is 0 Å². The smallest absolute Gasteiger partial charge is 0.337 e. The molecule has 0 aliphatic carbocycles. The summed E-state index contributed by atoms with van der Waals surface area (Å²) in [6, 6.07) is 13.3. The van der Waals surface area contributed by atoms with Crippen LogP contribution in [0, 0.1) is 0 Å². The lowest BCUT2D eigenvalue weighted by Gasteiger charge is -2.01. The number of H-pyrrole nitrogens is 1. The van der Waals surface area contributed by atoms with Gasteiger partial charge in [0.1, 0.15) is 11.3 Å². The molecule has 3 aromatic rings. The van der Waals surface area contributed by atoms with Crippen molar-refractivity contribution >= 4 is 32.9 Å². The zero-order valence-corrected chi connectivity index (χ0v) is 13.0. The number of fused-ring (bicyclic) bond motifs is 1. The van der Waals surface area contributed by atoms with Crippen LogP contribution in [0.25, 0.3) is 11.0 Å². The third-order valence-electron chi connectivity index (χ3n) is 3.26. The monoisotopic (exact) mass is 344 g/mol. The molecule has 1 aromatic heterocycles. The van der Waals surface area contributed by atoms with Crippen molar-refractivity contribution in [2.75, 3.05) is 7.11 Å². The predicted molar refractivity (Wildman–Crippen MR) is 84.4 cm³/mol. The van der Waals surface area contributed by atoms with Crippen LogP contribution in [0.15, 0.2) is 46.9 Å². The lowest BCUT2D eigenvalue weighted by atomic mass is 10.1. The third kappa shape index (κ3) is 2.83. The maximum absolute atomic E-state index is 11.4. The first kappa shape index (κ1) is 13.8. The van der Waals surface area contributed by atoms with Crippen LogP contribution in [-0.2, 0) is 11.2 Å². The number of ether oxygens (including phenoxy) is 1. The Kier molecular flexibility index (Phi) is 3.75. The van der Waals surface area contributed by atoms with E-state index < -0.39 is 0 Å². The van der Waals surface area contributed by atoms with E-state index in [1.165, 1.54) is 7.11 Å². The number of aromatic amines is 1. The molecule has 0 fully saturated rings. The number of hydrogen-bond donors (Lipinski definition) is 1. The molecule has 0 saturated heterocycles. The van der Waals surface area contributed by atoms with Crippen LogP contribution >= 0.6 is 15.9 Å². The zero-order valence-electron chi connectivity index (χ0n) is 11.4. The summed E-state index contributed by atoms with van der Waals surface area (Å²) < 4.78 is 5.66. The van der Waals surface area contributed by atoms with E-state index in [1.54, 1.807) is 12.1 Å². The molecule has 0 saturated carbocycles. The standard InChI is InChI=1S/C16H13BrN2O2/c1-21-16(20)11-7-5-10(6-8-11)9-14-18-13-4-2-3-12(17)15(13)19-14/h2-8H,9H2,1H3,(H,18,19). The number of aromatic nitrogens is 2. The van der Waals surface area contributed by atoms with Crippen LogP contribution in [0.5, 0.6) is 0 Å². The van der Waals surface area contributed by atoms with Gasteiger partial charge in [-0.1, -0.05) is 18.2 Å². The number of nitrogens with zero attached hydrogens (tertiary/aromatic N) is 1. The fraction of sp³-hybridized carbons (Fsp3) is 0.125. The molecule has 0 aliphatic rings. The highest BCUT2D eigenvalue weighted by Crippen LogP contribution is 2.22. The Morgan fingerprint density at radius 3 is 2.67 bits per heavy atom. The van der Waals surface area contributed by atoms with Gasteiger partial charge >= 0.3 is 5.97 Å². The van der Waals surface area contributed by atoms with Gasteiger partial charge in [0, 0.05) is 10.9 Å². The predicted octanol–water partition coefficient (Wildman–Crippen LogP) is 3.70. The first-order valence-electron chi connectivity index (χ1n) is 6.48. The van der Waals surface area contributed by atoms with E-state index in [1.807, 2.05) is 30.3 Å². The van der Waals surface area contributed by atoms with E-state index in [2.05, 4.69) is 30.6 Å². The molecule has 1 N–H and O–H groups in total. The summed E-state index contributed by atoms with van der Waals surface area (Å²) in [5.41, 5.74) is 3.57. The number of nitrogens with one attached hydrogen (secondary N) is 1. The highest BCUT2D eigenvalue weighted by atomic mass is 79.9. The normalized spacial score (nSPS) is 10.8. The molecular formula is C16H13BrN2O2. The highest BCUT2D eigenvalue weighted by Gasteiger charge is 2.08. The van der Waals surface area contributed by atoms with Gasteiger partial charge in [0.05, 0.1) is 18.2 Å². The summed E-state index contributed by atoms with van der Waals surface area (Å²) in [7, 11) is 1.38. The maximum Gasteiger partial charge on any atom is 0.337 e. The molecule has 5 heteroatoms. The van der Waals surface area contributed by atoms with Gasteiger partial charge in [0.15, 0.2) is 0 Å². The number of esters is 1. The quantitative estimate of drug-likeness (QED) is 0.737. The Morgan fingerprint density at radius 2 is 2.00 bits per heavy atom. The Labute approximate surface area is 130 Å². The summed E-state index contributed by atoms with van der Waals surface area (Å²) in [6.07, 6.45) is 0.683. The minimum Gasteiger partial charge on any atom is -0.465 e. The van der Waals surface area contributed by atoms with Gasteiger partial charge in [-0.3, -0.25) is 0 Å². The number of carbonyl (C=O) groups excluding carboxylic acids is 1. The Bertz CT molecular complexity index is 794. The van der Waals surface area contributed by atoms with E-state index in [9.17, 15) is 4.79 Å². The summed E-state index contributed by atoms with van der Waals surface area (Å²) in [5.74, 6) is 0.567. The van der Waals surface area contributed by atoms with Crippen LogP contribution in [0.1, 0.15) is 21.7 Å². The van der Waals surface area contributed by atoms with Crippen molar-refractivity contribution in [1.29, 1.82) is 0 Å². The molecule has 2 aromatic carbocycles. The fourth-order valence-corrected chi connectivity index (χ4v) is 2.66. The second-order valence-electron chi connectivity index (χ2n) is 4.68. The van der Waals surface area contributed by atoms with Gasteiger partial charge in [-0.05, 0) is 45.8 Å². The van der Waals surface area contributed by atoms with Crippen LogP contribution in [0.4, 0.5) is 0 Å². The van der Waals surface area contributed by atoms with E-state index in [-0.39, 0.29) is 5.97 Å². The second-order valence-corrected chi connectivity index (χ2v) is 5.54. The third-order valence-corrected chi connectivity index (χ3v) is 3.90. The molecule has 0 atom stereocenters. The van der Waals surface area contributed by atoms with Gasteiger partial charge in [0.2, 0.25) is 0 Å². The Balaban J connectivity index is 1.85. The number of halogens is 1. The summed E-state index contributed by atoms with van der Waals surface area (Å²) in [5, 5.41) is 0. The average Bonchev–Trinajstić information content (AvgIpc) is 2.91. The average molecular weight is 345 g/mol. The van der Waals surface area contributed by atoms with Crippen LogP contribution in [0.2, 0.25) is 0 Å². The molecule has 3 rings (SSSR count). The molecule has 0 amide bonds. The fourth-order valence-electron chi connectivity index (χ4n) is 2.20. The lowest BCUT2D eigenvalue weighted by molar-refractivity contribution is 0.0600. The Hall–Kier alpha value is -2.14. The lowest BCUT2D eigenvalue weighted by Crippen LogP contribution is -2.01. The van der Waals surface area contributed by atoms with Crippen molar-refractivity contribution in [2.45, 2.75) is 6.42 Å². The first-order chi connectivity index (χ1) is 10.2. The largest absolute Gasteiger partial charge is 0.465 e. The number of hydrogen-bond acceptors (Lipinski definition) is 3. The number of carbonyl (C=O) groups is 1. The van der Waals surface area contributed by atoms with Crippen molar-refractivity contribution in [2.24, 2.45) is 0 Å². The van der Waals surface area contributed by atoms with Crippen molar-refractivity contribution < 1.29 is 9.53 Å². The van der Waals surface area contributed by atoms with Gasteiger partial charge < -0.3 is 9.72 Å². The SMILES string of the molecule is COC(=O)c1ccc(Cc2nc3c(Br)cccc3[nH]2)cc1. The minimum atomic E-state index is -0.325. The molecule has 1 heterocycles. The zero-order chi connectivity index (χ0) is 14.8. The molecule has 0 aliphatic heterocycles. The molecule has 0 spiro atoms. The second kappa shape index (κ2) is 5.69. The van der Waals surface area contributed by atoms with E-state index in [4.69, 9.17) is 0 Å². The van der Waals surface area contributed by atoms with Crippen molar-refractivity contribution in [1.82, 2.24) is 9.97 Å². The number of benzene rings is 2. The van der Waals surface area contributed by atoms with E-state index in [0.717, 1.165) is 26.9 Å². The molecular weight excluding hydrogens is 332 g/mol. The molecule has 0 bridgehead atoms. The summed E-state index contributed by atoms with van der Waals surface area (Å²) in [6.45, 7) is 0. The topological polar surface area (TPSA) is 55.0 Å². The van der Waals surface area contributed by atoms with Crippen LogP contribution < -0.4 is 0 Å². The molecule has 4 nitrogen and oxygen atoms in total. The van der Waals surface area contributed by atoms with Crippen molar-refractivity contribution in [3.05, 3.63) is 63.9 Å². The van der Waals surface area contributed by atoms with Gasteiger partial charge in [-0.2, -0.15) is 0 Å². The molecule has 0 unspecified atom stereocenters. The van der Waals surface area contributed by atoms with Gasteiger partial charge in [-0.25, -0.2) is 9.78 Å². The van der Waals surface area contributed by atoms with E-state index >= 15 is 0 Å². The van der Waals surface area contributed by atoms with E-state index in [0.29, 0.717) is 12.0 Å². The highest BCUT2D eigenvalue weighted by molar-refractivity contribution is 9.10. The first-order valence-corrected chi connectivity index (χ1v) is 7.27. The van der Waals surface area contributed by atoms with Crippen LogP contribution in [-0.4, -0.2) is 23.0 Å². The minimum absolute atomic E-state index is 0.325. The van der Waals surface area contributed by atoms with Gasteiger partial charge in [-0.15, -0.1) is 0 Å². The number of rotatable bonds is 3. The summed E-state index contributed by atoms with van der Waals surface area (Å²) >= 11 is 3.50.